The molecule has 0 aromatic heterocycles. The molecular formula is C23H19ClN2O6S. The molecule has 0 unspecified atom stereocenters. The number of carbonyl (C=O) groups excluding carboxylic acids is 2. The molecule has 33 heavy (non-hydrogen) atoms. The number of hydrogen-bond donors (Lipinski definition) is 2. The summed E-state index contributed by atoms with van der Waals surface area (Å²) < 4.78 is 10.7. The molecule has 1 aliphatic rings. The Kier molecular flexibility index (Phi) is 7.47. The van der Waals surface area contributed by atoms with Gasteiger partial charge in [0.25, 0.3) is 11.8 Å². The Bertz CT molecular complexity index is 1180. The van der Waals surface area contributed by atoms with Crippen LogP contribution in [0.15, 0.2) is 54.6 Å². The highest BCUT2D eigenvalue weighted by atomic mass is 35.5. The van der Waals surface area contributed by atoms with Gasteiger partial charge in [-0.05, 0) is 66.7 Å². The fourth-order valence-electron chi connectivity index (χ4n) is 3.17. The number of aliphatic carboxylic acids is 1. The van der Waals surface area contributed by atoms with Crippen molar-refractivity contribution in [3.05, 3.63) is 70.8 Å². The van der Waals surface area contributed by atoms with E-state index in [1.54, 1.807) is 36.4 Å². The van der Waals surface area contributed by atoms with E-state index in [-0.39, 0.29) is 22.2 Å². The van der Waals surface area contributed by atoms with Gasteiger partial charge in [-0.3, -0.25) is 19.8 Å². The number of ether oxygens (including phenoxy) is 2. The molecule has 1 fully saturated rings. The molecule has 8 nitrogen and oxygen atoms in total. The van der Waals surface area contributed by atoms with Crippen LogP contribution in [-0.4, -0.2) is 41.7 Å². The van der Waals surface area contributed by atoms with E-state index in [0.29, 0.717) is 28.3 Å². The topological polar surface area (TPSA) is 105 Å². The van der Waals surface area contributed by atoms with Crippen molar-refractivity contribution in [1.29, 1.82) is 0 Å². The minimum Gasteiger partial charge on any atom is -0.493 e. The minimum absolute atomic E-state index is 0.0492. The third-order valence-corrected chi connectivity index (χ3v) is 5.11. The number of benzene rings is 2. The molecule has 3 rings (SSSR count). The summed E-state index contributed by atoms with van der Waals surface area (Å²) in [6.45, 7) is 3.14. The van der Waals surface area contributed by atoms with Crippen LogP contribution in [0.25, 0.3) is 6.08 Å². The maximum atomic E-state index is 13.2. The van der Waals surface area contributed by atoms with Gasteiger partial charge in [0.15, 0.2) is 23.2 Å². The Labute approximate surface area is 200 Å². The normalized spacial score (nSPS) is 14.8. The molecule has 0 bridgehead atoms. The Morgan fingerprint density at radius 2 is 1.97 bits per heavy atom. The number of carboxylic acids is 1. The number of rotatable bonds is 8. The summed E-state index contributed by atoms with van der Waals surface area (Å²) in [7, 11) is 1.40. The lowest BCUT2D eigenvalue weighted by Gasteiger charge is -2.29. The van der Waals surface area contributed by atoms with E-state index in [1.807, 2.05) is 0 Å². The SMILES string of the molecule is C=CCc1cc(/C=C2\C(=O)NC(=S)N(c3ccc(Cl)cc3)C2=O)cc(OC)c1OCC(=O)O. The average molecular weight is 487 g/mol. The lowest BCUT2D eigenvalue weighted by Crippen LogP contribution is -2.54. The first-order valence-electron chi connectivity index (χ1n) is 9.58. The fraction of sp³-hybridized carbons (Fsp3) is 0.130. The van der Waals surface area contributed by atoms with E-state index < -0.39 is 24.4 Å². The predicted molar refractivity (Wildman–Crippen MR) is 128 cm³/mol. The first kappa shape index (κ1) is 24.0. The number of allylic oxidation sites excluding steroid dienone is 1. The van der Waals surface area contributed by atoms with Crippen LogP contribution in [0.2, 0.25) is 5.02 Å². The molecular weight excluding hydrogens is 468 g/mol. The molecule has 0 atom stereocenters. The Morgan fingerprint density at radius 3 is 2.58 bits per heavy atom. The molecule has 0 aliphatic carbocycles. The lowest BCUT2D eigenvalue weighted by molar-refractivity contribution is -0.139. The summed E-state index contributed by atoms with van der Waals surface area (Å²) in [4.78, 5) is 37.9. The smallest absolute Gasteiger partial charge is 0.341 e. The Morgan fingerprint density at radius 1 is 1.27 bits per heavy atom. The molecule has 0 radical (unpaired) electrons. The largest absolute Gasteiger partial charge is 0.493 e. The number of nitrogens with one attached hydrogen (secondary N) is 1. The van der Waals surface area contributed by atoms with Crippen molar-refractivity contribution in [2.75, 3.05) is 18.6 Å². The summed E-state index contributed by atoms with van der Waals surface area (Å²) >= 11 is 11.1. The zero-order valence-corrected chi connectivity index (χ0v) is 19.0. The molecule has 1 heterocycles. The van der Waals surface area contributed by atoms with Gasteiger partial charge in [-0.2, -0.15) is 0 Å². The first-order valence-corrected chi connectivity index (χ1v) is 10.4. The van der Waals surface area contributed by atoms with E-state index in [2.05, 4.69) is 11.9 Å². The molecule has 0 spiro atoms. The second-order valence-corrected chi connectivity index (χ2v) is 7.64. The molecule has 2 amide bonds. The summed E-state index contributed by atoms with van der Waals surface area (Å²) in [5.74, 6) is -1.91. The molecule has 0 saturated carbocycles. The Balaban J connectivity index is 2.04. The molecule has 1 saturated heterocycles. The second kappa shape index (κ2) is 10.3. The van der Waals surface area contributed by atoms with Crippen molar-refractivity contribution in [3.63, 3.8) is 0 Å². The van der Waals surface area contributed by atoms with Crippen LogP contribution >= 0.6 is 23.8 Å². The minimum atomic E-state index is -1.14. The van der Waals surface area contributed by atoms with Crippen LogP contribution in [0.3, 0.4) is 0 Å². The quantitative estimate of drug-likeness (QED) is 0.255. The van der Waals surface area contributed by atoms with Gasteiger partial charge in [0.05, 0.1) is 12.8 Å². The molecule has 2 N–H and O–H groups in total. The van der Waals surface area contributed by atoms with Gasteiger partial charge in [-0.25, -0.2) is 4.79 Å². The number of carboxylic acid groups (broad SMARTS) is 1. The number of thiocarbonyl (C=S) groups is 1. The van der Waals surface area contributed by atoms with Crippen molar-refractivity contribution < 1.29 is 29.0 Å². The van der Waals surface area contributed by atoms with Crippen LogP contribution in [0.4, 0.5) is 5.69 Å². The summed E-state index contributed by atoms with van der Waals surface area (Å²) in [5.41, 5.74) is 1.34. The molecule has 2 aromatic rings. The molecule has 170 valence electrons. The first-order chi connectivity index (χ1) is 15.7. The van der Waals surface area contributed by atoms with Crippen LogP contribution in [0.1, 0.15) is 11.1 Å². The third kappa shape index (κ3) is 5.39. The van der Waals surface area contributed by atoms with Crippen molar-refractivity contribution >= 4 is 58.5 Å². The maximum absolute atomic E-state index is 13.2. The highest BCUT2D eigenvalue weighted by Gasteiger charge is 2.34. The second-order valence-electron chi connectivity index (χ2n) is 6.82. The number of carbonyl (C=O) groups is 3. The Hall–Kier alpha value is -3.69. The van der Waals surface area contributed by atoms with Crippen LogP contribution in [0, 0.1) is 0 Å². The number of nitrogens with zero attached hydrogens (tertiary/aromatic N) is 1. The molecule has 1 aliphatic heterocycles. The fourth-order valence-corrected chi connectivity index (χ4v) is 3.58. The summed E-state index contributed by atoms with van der Waals surface area (Å²) in [5, 5.41) is 11.9. The van der Waals surface area contributed by atoms with Gasteiger partial charge in [-0.15, -0.1) is 6.58 Å². The van der Waals surface area contributed by atoms with Crippen LogP contribution < -0.4 is 19.7 Å². The summed E-state index contributed by atoms with van der Waals surface area (Å²) in [6, 6.07) is 9.64. The molecule has 2 aromatic carbocycles. The maximum Gasteiger partial charge on any atom is 0.341 e. The number of halogens is 1. The average Bonchev–Trinajstić information content (AvgIpc) is 2.76. The predicted octanol–water partition coefficient (Wildman–Crippen LogP) is 3.37. The van der Waals surface area contributed by atoms with Gasteiger partial charge in [0, 0.05) is 10.6 Å². The van der Waals surface area contributed by atoms with Crippen LogP contribution in [0.5, 0.6) is 11.5 Å². The summed E-state index contributed by atoms with van der Waals surface area (Å²) in [6.07, 6.45) is 3.35. The monoisotopic (exact) mass is 486 g/mol. The zero-order chi connectivity index (χ0) is 24.1. The highest BCUT2D eigenvalue weighted by Crippen LogP contribution is 2.35. The highest BCUT2D eigenvalue weighted by molar-refractivity contribution is 7.80. The van der Waals surface area contributed by atoms with Crippen molar-refractivity contribution in [1.82, 2.24) is 5.32 Å². The standard InChI is InChI=1S/C23H19ClN2O6S/c1-3-4-14-9-13(11-18(31-2)20(14)32-12-19(27)28)10-17-21(29)25-23(33)26(22(17)30)16-7-5-15(24)6-8-16/h3,5-11H,1,4,12H2,2H3,(H,27,28)(H,25,29,33)/b17-10+. The molecule has 10 heteroatoms. The van der Waals surface area contributed by atoms with E-state index in [0.717, 1.165) is 0 Å². The van der Waals surface area contributed by atoms with Crippen molar-refractivity contribution in [3.8, 4) is 11.5 Å². The van der Waals surface area contributed by atoms with Gasteiger partial charge in [0.1, 0.15) is 5.57 Å². The van der Waals surface area contributed by atoms with Gasteiger partial charge >= 0.3 is 5.97 Å². The number of methoxy groups -OCH3 is 1. The van der Waals surface area contributed by atoms with Gasteiger partial charge < -0.3 is 14.6 Å². The van der Waals surface area contributed by atoms with Crippen molar-refractivity contribution in [2.24, 2.45) is 0 Å². The van der Waals surface area contributed by atoms with E-state index in [9.17, 15) is 14.4 Å². The number of anilines is 1. The van der Waals surface area contributed by atoms with E-state index >= 15 is 0 Å². The lowest BCUT2D eigenvalue weighted by atomic mass is 10.0. The third-order valence-electron chi connectivity index (χ3n) is 4.58. The van der Waals surface area contributed by atoms with E-state index in [4.69, 9.17) is 38.4 Å². The number of amides is 2. The van der Waals surface area contributed by atoms with Crippen molar-refractivity contribution in [2.45, 2.75) is 6.42 Å². The van der Waals surface area contributed by atoms with Crippen LogP contribution in [-0.2, 0) is 20.8 Å². The number of hydrogen-bond acceptors (Lipinski definition) is 6. The van der Waals surface area contributed by atoms with Gasteiger partial charge in [-0.1, -0.05) is 17.7 Å². The van der Waals surface area contributed by atoms with Gasteiger partial charge in [0.2, 0.25) is 0 Å². The van der Waals surface area contributed by atoms with E-state index in [1.165, 1.54) is 24.2 Å². The zero-order valence-electron chi connectivity index (χ0n) is 17.5.